The first-order valence-corrected chi connectivity index (χ1v) is 7.98. The molecule has 0 aliphatic carbocycles. The van der Waals surface area contributed by atoms with Crippen LogP contribution in [-0.2, 0) is 0 Å². The van der Waals surface area contributed by atoms with Crippen LogP contribution in [0.2, 0.25) is 0 Å². The van der Waals surface area contributed by atoms with E-state index < -0.39 is 0 Å². The zero-order chi connectivity index (χ0) is 14.5. The molecule has 1 aromatic carbocycles. The van der Waals surface area contributed by atoms with Crippen molar-refractivity contribution in [2.24, 2.45) is 0 Å². The Labute approximate surface area is 128 Å². The summed E-state index contributed by atoms with van der Waals surface area (Å²) in [7, 11) is 0. The number of para-hydroxylation sites is 1. The lowest BCUT2D eigenvalue weighted by atomic mass is 10.2. The van der Waals surface area contributed by atoms with Crippen molar-refractivity contribution in [3.63, 3.8) is 0 Å². The highest BCUT2D eigenvalue weighted by atomic mass is 79.9. The molecule has 0 spiro atoms. The number of fused-ring (bicyclic) bond motifs is 1. The second-order valence-corrected chi connectivity index (χ2v) is 5.82. The van der Waals surface area contributed by atoms with E-state index in [1.54, 1.807) is 0 Å². The predicted octanol–water partition coefficient (Wildman–Crippen LogP) is 3.87. The topological polar surface area (TPSA) is 33.2 Å². The molecule has 1 heterocycles. The molecule has 0 fully saturated rings. The van der Waals surface area contributed by atoms with Crippen LogP contribution >= 0.6 is 15.9 Å². The van der Waals surface area contributed by atoms with Crippen molar-refractivity contribution in [3.8, 4) is 0 Å². The summed E-state index contributed by atoms with van der Waals surface area (Å²) in [6.45, 7) is 4.82. The molecule has 20 heavy (non-hydrogen) atoms. The maximum Gasteiger partial charge on any atom is 0.272 e. The first kappa shape index (κ1) is 15.0. The smallest absolute Gasteiger partial charge is 0.272 e. The van der Waals surface area contributed by atoms with Crippen molar-refractivity contribution in [2.75, 3.05) is 11.9 Å². The third kappa shape index (κ3) is 3.37. The Morgan fingerprint density at radius 1 is 1.25 bits per heavy atom. The number of alkyl halides is 1. The van der Waals surface area contributed by atoms with Crippen LogP contribution in [-0.4, -0.2) is 33.7 Å². The molecular weight excluding hydrogens is 316 g/mol. The van der Waals surface area contributed by atoms with Gasteiger partial charge in [-0.25, -0.2) is 4.98 Å². The number of pyridine rings is 1. The number of amides is 1. The fourth-order valence-electron chi connectivity index (χ4n) is 2.16. The molecule has 1 amide bonds. The lowest BCUT2D eigenvalue weighted by molar-refractivity contribution is 0.0701. The van der Waals surface area contributed by atoms with Gasteiger partial charge in [0.15, 0.2) is 0 Å². The molecule has 0 radical (unpaired) electrons. The first-order valence-electron chi connectivity index (χ1n) is 6.86. The number of rotatable bonds is 5. The number of hydrogen-bond donors (Lipinski definition) is 0. The number of halogens is 1. The van der Waals surface area contributed by atoms with Gasteiger partial charge in [-0.05, 0) is 32.4 Å². The van der Waals surface area contributed by atoms with Gasteiger partial charge in [-0.3, -0.25) is 4.79 Å². The minimum Gasteiger partial charge on any atom is -0.335 e. The van der Waals surface area contributed by atoms with Crippen molar-refractivity contribution in [2.45, 2.75) is 26.3 Å². The number of hydrogen-bond acceptors (Lipinski definition) is 2. The number of benzene rings is 1. The van der Waals surface area contributed by atoms with E-state index in [1.165, 1.54) is 0 Å². The molecular formula is C16H19BrN2O. The normalized spacial score (nSPS) is 11.0. The average Bonchev–Trinajstić information content (AvgIpc) is 2.46. The molecule has 0 atom stereocenters. The van der Waals surface area contributed by atoms with Gasteiger partial charge in [-0.1, -0.05) is 40.2 Å². The van der Waals surface area contributed by atoms with Gasteiger partial charge in [0.25, 0.3) is 5.91 Å². The van der Waals surface area contributed by atoms with Crippen LogP contribution in [0.4, 0.5) is 0 Å². The van der Waals surface area contributed by atoms with Gasteiger partial charge in [0, 0.05) is 23.3 Å². The zero-order valence-corrected chi connectivity index (χ0v) is 13.4. The Kier molecular flexibility index (Phi) is 5.12. The third-order valence-electron chi connectivity index (χ3n) is 3.23. The van der Waals surface area contributed by atoms with E-state index in [0.29, 0.717) is 5.69 Å². The molecule has 2 rings (SSSR count). The molecule has 3 nitrogen and oxygen atoms in total. The molecule has 0 saturated heterocycles. The molecule has 0 unspecified atom stereocenters. The van der Waals surface area contributed by atoms with E-state index in [9.17, 15) is 4.79 Å². The second kappa shape index (κ2) is 6.84. The molecule has 1 aromatic heterocycles. The summed E-state index contributed by atoms with van der Waals surface area (Å²) in [5, 5.41) is 1.95. The van der Waals surface area contributed by atoms with E-state index >= 15 is 0 Å². The largest absolute Gasteiger partial charge is 0.335 e. The average molecular weight is 335 g/mol. The van der Waals surface area contributed by atoms with Gasteiger partial charge < -0.3 is 4.90 Å². The van der Waals surface area contributed by atoms with Crippen LogP contribution < -0.4 is 0 Å². The summed E-state index contributed by atoms with van der Waals surface area (Å²) in [5.41, 5.74) is 1.38. The van der Waals surface area contributed by atoms with Gasteiger partial charge >= 0.3 is 0 Å². The molecule has 0 N–H and O–H groups in total. The van der Waals surface area contributed by atoms with Crippen molar-refractivity contribution in [1.82, 2.24) is 9.88 Å². The van der Waals surface area contributed by atoms with Crippen molar-refractivity contribution >= 4 is 32.7 Å². The van der Waals surface area contributed by atoms with Gasteiger partial charge in [0.1, 0.15) is 5.69 Å². The Morgan fingerprint density at radius 2 is 2.00 bits per heavy atom. The Hall–Kier alpha value is -1.42. The summed E-state index contributed by atoms with van der Waals surface area (Å²) >= 11 is 3.41. The Bertz CT molecular complexity index is 598. The minimum absolute atomic E-state index is 0.00621. The summed E-state index contributed by atoms with van der Waals surface area (Å²) in [4.78, 5) is 18.9. The SMILES string of the molecule is CC(C)N(CCCBr)C(=O)c1ccc2ccccc2n1. The van der Waals surface area contributed by atoms with Gasteiger partial charge in [0.05, 0.1) is 5.52 Å². The zero-order valence-electron chi connectivity index (χ0n) is 11.8. The van der Waals surface area contributed by atoms with Crippen LogP contribution in [0.15, 0.2) is 36.4 Å². The minimum atomic E-state index is 0.00621. The molecule has 4 heteroatoms. The highest BCUT2D eigenvalue weighted by Gasteiger charge is 2.19. The molecule has 106 valence electrons. The monoisotopic (exact) mass is 334 g/mol. The van der Waals surface area contributed by atoms with E-state index in [1.807, 2.05) is 55.1 Å². The van der Waals surface area contributed by atoms with Gasteiger partial charge in [-0.2, -0.15) is 0 Å². The summed E-state index contributed by atoms with van der Waals surface area (Å²) in [6, 6.07) is 11.8. The first-order chi connectivity index (χ1) is 9.63. The van der Waals surface area contributed by atoms with Gasteiger partial charge in [0.2, 0.25) is 0 Å². The third-order valence-corrected chi connectivity index (χ3v) is 3.80. The number of carbonyl (C=O) groups excluding carboxylic acids is 1. The maximum atomic E-state index is 12.6. The number of carbonyl (C=O) groups is 1. The summed E-state index contributed by atoms with van der Waals surface area (Å²) in [5.74, 6) is 0.00621. The molecule has 0 aliphatic rings. The highest BCUT2D eigenvalue weighted by Crippen LogP contribution is 2.14. The number of nitrogens with zero attached hydrogens (tertiary/aromatic N) is 2. The van der Waals surface area contributed by atoms with E-state index in [4.69, 9.17) is 0 Å². The molecule has 0 saturated carbocycles. The summed E-state index contributed by atoms with van der Waals surface area (Å²) in [6.07, 6.45) is 0.942. The van der Waals surface area contributed by atoms with Crippen molar-refractivity contribution < 1.29 is 4.79 Å². The standard InChI is InChI=1S/C16H19BrN2O/c1-12(2)19(11-5-10-17)16(20)15-9-8-13-6-3-4-7-14(13)18-15/h3-4,6-9,12H,5,10-11H2,1-2H3. The number of aromatic nitrogens is 1. The van der Waals surface area contributed by atoms with E-state index in [0.717, 1.165) is 29.2 Å². The van der Waals surface area contributed by atoms with Crippen molar-refractivity contribution in [3.05, 3.63) is 42.1 Å². The maximum absolute atomic E-state index is 12.6. The molecule has 0 bridgehead atoms. The fourth-order valence-corrected chi connectivity index (χ4v) is 2.41. The Morgan fingerprint density at radius 3 is 2.70 bits per heavy atom. The summed E-state index contributed by atoms with van der Waals surface area (Å²) < 4.78 is 0. The van der Waals surface area contributed by atoms with Crippen LogP contribution in [0, 0.1) is 0 Å². The van der Waals surface area contributed by atoms with Crippen LogP contribution in [0.1, 0.15) is 30.8 Å². The second-order valence-electron chi connectivity index (χ2n) is 5.02. The van der Waals surface area contributed by atoms with Gasteiger partial charge in [-0.15, -0.1) is 0 Å². The van der Waals surface area contributed by atoms with Crippen LogP contribution in [0.25, 0.3) is 10.9 Å². The van der Waals surface area contributed by atoms with Crippen molar-refractivity contribution in [1.29, 1.82) is 0 Å². The molecule has 0 aliphatic heterocycles. The Balaban J connectivity index is 2.28. The quantitative estimate of drug-likeness (QED) is 0.777. The lowest BCUT2D eigenvalue weighted by Gasteiger charge is -2.26. The predicted molar refractivity (Wildman–Crippen MR) is 86.3 cm³/mol. The highest BCUT2D eigenvalue weighted by molar-refractivity contribution is 9.09. The van der Waals surface area contributed by atoms with Crippen LogP contribution in [0.5, 0.6) is 0 Å². The van der Waals surface area contributed by atoms with Crippen LogP contribution in [0.3, 0.4) is 0 Å². The lowest BCUT2D eigenvalue weighted by Crippen LogP contribution is -2.38. The van der Waals surface area contributed by atoms with E-state index in [-0.39, 0.29) is 11.9 Å². The van der Waals surface area contributed by atoms with E-state index in [2.05, 4.69) is 20.9 Å². The molecule has 2 aromatic rings. The fraction of sp³-hybridized carbons (Fsp3) is 0.375.